The quantitative estimate of drug-likeness (QED) is 0.700. The highest BCUT2D eigenvalue weighted by Crippen LogP contribution is 2.27. The second-order valence-corrected chi connectivity index (χ2v) is 10.0. The molecular weight excluding hydrogens is 449 g/mol. The molecule has 2 aromatic rings. The molecule has 0 fully saturated rings. The Kier molecular flexibility index (Phi) is 7.93. The number of amides is 1. The van der Waals surface area contributed by atoms with Gasteiger partial charge in [0.05, 0.1) is 16.6 Å². The van der Waals surface area contributed by atoms with Crippen LogP contribution in [-0.2, 0) is 14.8 Å². The highest BCUT2D eigenvalue weighted by atomic mass is 32.2. The van der Waals surface area contributed by atoms with Crippen LogP contribution in [0, 0.1) is 11.7 Å². The standard InChI is InChI=1S/C23H30FN3O5S/c1-15-12-25-16(2)14-32-21-10-7-18(11-20(21)23(28)27(3)13-22(15)31-4)26-33(29,30)19-8-5-17(24)6-9-19/h5-11,15-16,22,25-26H,12-14H2,1-4H3/t15-,16-,22+/m1/s1. The van der Waals surface area contributed by atoms with Crippen molar-refractivity contribution in [1.29, 1.82) is 0 Å². The van der Waals surface area contributed by atoms with Crippen molar-refractivity contribution in [2.75, 3.05) is 38.6 Å². The minimum Gasteiger partial charge on any atom is -0.491 e. The molecule has 10 heteroatoms. The van der Waals surface area contributed by atoms with Crippen LogP contribution in [0.15, 0.2) is 47.4 Å². The Labute approximate surface area is 194 Å². The monoisotopic (exact) mass is 479 g/mol. The topological polar surface area (TPSA) is 97.0 Å². The van der Waals surface area contributed by atoms with Crippen molar-refractivity contribution in [3.8, 4) is 5.75 Å². The number of benzene rings is 2. The molecule has 0 aromatic heterocycles. The number of fused-ring (bicyclic) bond motifs is 1. The van der Waals surface area contributed by atoms with Crippen molar-refractivity contribution in [3.05, 3.63) is 53.8 Å². The van der Waals surface area contributed by atoms with E-state index in [4.69, 9.17) is 9.47 Å². The molecule has 8 nitrogen and oxygen atoms in total. The predicted molar refractivity (Wildman–Crippen MR) is 124 cm³/mol. The summed E-state index contributed by atoms with van der Waals surface area (Å²) in [6.45, 7) is 5.43. The summed E-state index contributed by atoms with van der Waals surface area (Å²) < 4.78 is 52.6. The van der Waals surface area contributed by atoms with Crippen LogP contribution in [0.4, 0.5) is 10.1 Å². The Morgan fingerprint density at radius 2 is 1.88 bits per heavy atom. The number of sulfonamides is 1. The van der Waals surface area contributed by atoms with Crippen LogP contribution in [0.25, 0.3) is 0 Å². The van der Waals surface area contributed by atoms with Gasteiger partial charge >= 0.3 is 0 Å². The second kappa shape index (κ2) is 10.5. The molecule has 0 bridgehead atoms. The summed E-state index contributed by atoms with van der Waals surface area (Å²) in [4.78, 5) is 14.7. The molecule has 0 saturated heterocycles. The molecule has 0 saturated carbocycles. The van der Waals surface area contributed by atoms with Gasteiger partial charge in [0.2, 0.25) is 0 Å². The number of hydrogen-bond donors (Lipinski definition) is 2. The molecule has 0 radical (unpaired) electrons. The molecule has 1 aliphatic heterocycles. The lowest BCUT2D eigenvalue weighted by Gasteiger charge is -2.30. The fourth-order valence-electron chi connectivity index (χ4n) is 3.55. The summed E-state index contributed by atoms with van der Waals surface area (Å²) in [5, 5.41) is 3.41. The summed E-state index contributed by atoms with van der Waals surface area (Å²) >= 11 is 0. The van der Waals surface area contributed by atoms with Gasteiger partial charge in [0.1, 0.15) is 18.2 Å². The Morgan fingerprint density at radius 3 is 2.55 bits per heavy atom. The summed E-state index contributed by atoms with van der Waals surface area (Å²) in [5.41, 5.74) is 0.422. The van der Waals surface area contributed by atoms with E-state index in [9.17, 15) is 17.6 Å². The first-order chi connectivity index (χ1) is 15.6. The van der Waals surface area contributed by atoms with E-state index >= 15 is 0 Å². The third-order valence-electron chi connectivity index (χ3n) is 5.60. The molecule has 3 rings (SSSR count). The van der Waals surface area contributed by atoms with Crippen molar-refractivity contribution in [3.63, 3.8) is 0 Å². The summed E-state index contributed by atoms with van der Waals surface area (Å²) in [6.07, 6.45) is -0.178. The van der Waals surface area contributed by atoms with Gasteiger partial charge in [-0.3, -0.25) is 9.52 Å². The maximum absolute atomic E-state index is 13.3. The number of halogens is 1. The lowest BCUT2D eigenvalue weighted by molar-refractivity contribution is 0.0281. The highest BCUT2D eigenvalue weighted by molar-refractivity contribution is 7.92. The molecule has 180 valence electrons. The zero-order valence-electron chi connectivity index (χ0n) is 19.2. The number of likely N-dealkylation sites (N-methyl/N-ethyl adjacent to an activating group) is 1. The molecular formula is C23H30FN3O5S. The van der Waals surface area contributed by atoms with E-state index in [2.05, 4.69) is 17.0 Å². The van der Waals surface area contributed by atoms with Crippen molar-refractivity contribution in [2.24, 2.45) is 5.92 Å². The zero-order chi connectivity index (χ0) is 24.2. The van der Waals surface area contributed by atoms with E-state index in [1.807, 2.05) is 6.92 Å². The van der Waals surface area contributed by atoms with Crippen LogP contribution in [0.5, 0.6) is 5.75 Å². The van der Waals surface area contributed by atoms with Gasteiger partial charge in [-0.25, -0.2) is 12.8 Å². The maximum Gasteiger partial charge on any atom is 0.261 e. The van der Waals surface area contributed by atoms with E-state index in [1.165, 1.54) is 29.2 Å². The number of nitrogens with zero attached hydrogens (tertiary/aromatic N) is 1. The Hall–Kier alpha value is -2.69. The summed E-state index contributed by atoms with van der Waals surface area (Å²) in [7, 11) is -0.681. The van der Waals surface area contributed by atoms with Crippen molar-refractivity contribution >= 4 is 21.6 Å². The second-order valence-electron chi connectivity index (χ2n) is 8.33. The number of ether oxygens (including phenoxy) is 2. The maximum atomic E-state index is 13.3. The summed E-state index contributed by atoms with van der Waals surface area (Å²) in [5.74, 6) is -0.344. The molecule has 0 spiro atoms. The van der Waals surface area contributed by atoms with E-state index < -0.39 is 15.8 Å². The predicted octanol–water partition coefficient (Wildman–Crippen LogP) is 2.72. The molecule has 2 N–H and O–H groups in total. The van der Waals surface area contributed by atoms with Crippen LogP contribution in [0.1, 0.15) is 24.2 Å². The Morgan fingerprint density at radius 1 is 1.18 bits per heavy atom. The molecule has 1 aliphatic rings. The van der Waals surface area contributed by atoms with Crippen LogP contribution in [-0.4, -0.2) is 65.2 Å². The van der Waals surface area contributed by atoms with Crippen molar-refractivity contribution in [2.45, 2.75) is 30.9 Å². The first kappa shape index (κ1) is 24.9. The molecule has 3 atom stereocenters. The van der Waals surface area contributed by atoms with E-state index in [1.54, 1.807) is 20.2 Å². The average molecular weight is 480 g/mol. The lowest BCUT2D eigenvalue weighted by Crippen LogP contribution is -2.44. The highest BCUT2D eigenvalue weighted by Gasteiger charge is 2.26. The van der Waals surface area contributed by atoms with Crippen molar-refractivity contribution < 1.29 is 27.1 Å². The molecule has 1 amide bonds. The summed E-state index contributed by atoms with van der Waals surface area (Å²) in [6, 6.07) is 9.06. The van der Waals surface area contributed by atoms with E-state index in [0.29, 0.717) is 25.4 Å². The molecule has 33 heavy (non-hydrogen) atoms. The van der Waals surface area contributed by atoms with E-state index in [0.717, 1.165) is 12.1 Å². The van der Waals surface area contributed by atoms with Gasteiger partial charge in [-0.1, -0.05) is 6.92 Å². The third-order valence-corrected chi connectivity index (χ3v) is 7.00. The number of anilines is 1. The third kappa shape index (κ3) is 6.21. The van der Waals surface area contributed by atoms with Crippen LogP contribution < -0.4 is 14.8 Å². The fraction of sp³-hybridized carbons (Fsp3) is 0.435. The Balaban J connectivity index is 1.93. The first-order valence-corrected chi connectivity index (χ1v) is 12.2. The van der Waals surface area contributed by atoms with Gasteiger partial charge in [0, 0.05) is 39.0 Å². The molecule has 0 aliphatic carbocycles. The number of carbonyl (C=O) groups excluding carboxylic acids is 1. The molecule has 0 unspecified atom stereocenters. The van der Waals surface area contributed by atoms with Gasteiger partial charge in [-0.05, 0) is 55.3 Å². The molecule has 1 heterocycles. The SMILES string of the molecule is CO[C@H]1CN(C)C(=O)c2cc(NS(=O)(=O)c3ccc(F)cc3)ccc2OC[C@@H](C)NC[C@H]1C. The molecule has 2 aromatic carbocycles. The number of methoxy groups -OCH3 is 1. The minimum absolute atomic E-state index is 0.0294. The zero-order valence-corrected chi connectivity index (χ0v) is 20.0. The van der Waals surface area contributed by atoms with Gasteiger partial charge < -0.3 is 19.7 Å². The number of carbonyl (C=O) groups is 1. The van der Waals surface area contributed by atoms with Crippen molar-refractivity contribution in [1.82, 2.24) is 10.2 Å². The van der Waals surface area contributed by atoms with Gasteiger partial charge in [-0.15, -0.1) is 0 Å². The van der Waals surface area contributed by atoms with Crippen LogP contribution in [0.3, 0.4) is 0 Å². The number of hydrogen-bond acceptors (Lipinski definition) is 6. The smallest absolute Gasteiger partial charge is 0.261 e. The van der Waals surface area contributed by atoms with Gasteiger partial charge in [0.15, 0.2) is 0 Å². The first-order valence-electron chi connectivity index (χ1n) is 10.7. The van der Waals surface area contributed by atoms with Crippen LogP contribution in [0.2, 0.25) is 0 Å². The van der Waals surface area contributed by atoms with Gasteiger partial charge in [-0.2, -0.15) is 0 Å². The van der Waals surface area contributed by atoms with E-state index in [-0.39, 0.29) is 40.1 Å². The largest absolute Gasteiger partial charge is 0.491 e. The lowest BCUT2D eigenvalue weighted by atomic mass is 10.0. The van der Waals surface area contributed by atoms with Crippen LogP contribution >= 0.6 is 0 Å². The Bertz CT molecular complexity index is 1080. The number of nitrogens with one attached hydrogen (secondary N) is 2. The fourth-order valence-corrected chi connectivity index (χ4v) is 4.60. The van der Waals surface area contributed by atoms with Gasteiger partial charge in [0.25, 0.3) is 15.9 Å². The normalized spacial score (nSPS) is 22.5. The minimum atomic E-state index is -3.97. The average Bonchev–Trinajstić information content (AvgIpc) is 2.78. The number of rotatable bonds is 4.